The van der Waals surface area contributed by atoms with Crippen LogP contribution in [0.3, 0.4) is 0 Å². The summed E-state index contributed by atoms with van der Waals surface area (Å²) < 4.78 is 5.63. The first-order valence-electron chi connectivity index (χ1n) is 7.87. The predicted octanol–water partition coefficient (Wildman–Crippen LogP) is 3.30. The Labute approximate surface area is 130 Å². The van der Waals surface area contributed by atoms with E-state index in [1.165, 1.54) is 0 Å². The molecule has 5 nitrogen and oxygen atoms in total. The maximum Gasteiger partial charge on any atom is 0.306 e. The number of carboxylic acid groups (broad SMARTS) is 1. The number of benzene rings is 1. The number of anilines is 1. The second-order valence-corrected chi connectivity index (χ2v) is 5.72. The highest BCUT2D eigenvalue weighted by Crippen LogP contribution is 2.31. The Bertz CT molecular complexity index is 521. The molecule has 0 bridgehead atoms. The molecule has 0 heterocycles. The average Bonchev–Trinajstić information content (AvgIpc) is 2.54. The lowest BCUT2D eigenvalue weighted by Gasteiger charge is -2.25. The van der Waals surface area contributed by atoms with Crippen LogP contribution in [0.1, 0.15) is 39.0 Å². The average molecular weight is 305 g/mol. The fourth-order valence-electron chi connectivity index (χ4n) is 2.75. The van der Waals surface area contributed by atoms with Gasteiger partial charge in [-0.15, -0.1) is 0 Å². The summed E-state index contributed by atoms with van der Waals surface area (Å²) in [5.74, 6) is -0.537. The molecule has 5 heteroatoms. The third-order valence-electron chi connectivity index (χ3n) is 4.05. The molecular weight excluding hydrogens is 282 g/mol. The van der Waals surface area contributed by atoms with Crippen molar-refractivity contribution < 1.29 is 19.4 Å². The second kappa shape index (κ2) is 7.82. The lowest BCUT2D eigenvalue weighted by molar-refractivity contribution is -0.143. The molecule has 1 aromatic rings. The van der Waals surface area contributed by atoms with Crippen molar-refractivity contribution in [2.75, 3.05) is 11.9 Å². The Kier molecular flexibility index (Phi) is 5.81. The fourth-order valence-corrected chi connectivity index (χ4v) is 2.75. The van der Waals surface area contributed by atoms with Crippen LogP contribution in [0.4, 0.5) is 5.69 Å². The molecule has 0 unspecified atom stereocenters. The number of ether oxygens (including phenoxy) is 1. The van der Waals surface area contributed by atoms with E-state index in [4.69, 9.17) is 9.84 Å². The van der Waals surface area contributed by atoms with E-state index in [0.29, 0.717) is 43.7 Å². The maximum atomic E-state index is 12.4. The quantitative estimate of drug-likeness (QED) is 0.845. The van der Waals surface area contributed by atoms with E-state index in [-0.39, 0.29) is 17.7 Å². The summed E-state index contributed by atoms with van der Waals surface area (Å²) in [6.07, 6.45) is 3.30. The van der Waals surface area contributed by atoms with Crippen LogP contribution in [0.5, 0.6) is 5.75 Å². The van der Waals surface area contributed by atoms with Crippen molar-refractivity contribution in [1.82, 2.24) is 0 Å². The molecule has 0 aliphatic heterocycles. The molecule has 22 heavy (non-hydrogen) atoms. The molecule has 0 aromatic heterocycles. The van der Waals surface area contributed by atoms with Gasteiger partial charge in [0.1, 0.15) is 5.75 Å². The number of hydrogen-bond acceptors (Lipinski definition) is 3. The van der Waals surface area contributed by atoms with Gasteiger partial charge in [-0.3, -0.25) is 9.59 Å². The van der Waals surface area contributed by atoms with E-state index in [1.807, 2.05) is 31.2 Å². The number of aliphatic carboxylic acids is 1. The highest BCUT2D eigenvalue weighted by molar-refractivity contribution is 5.94. The second-order valence-electron chi connectivity index (χ2n) is 5.72. The van der Waals surface area contributed by atoms with E-state index in [0.717, 1.165) is 6.42 Å². The number of amides is 1. The number of para-hydroxylation sites is 2. The Balaban J connectivity index is 1.94. The third-order valence-corrected chi connectivity index (χ3v) is 4.05. The van der Waals surface area contributed by atoms with Gasteiger partial charge in [0.2, 0.25) is 5.91 Å². The molecule has 1 fully saturated rings. The summed E-state index contributed by atoms with van der Waals surface area (Å²) in [6, 6.07) is 7.40. The van der Waals surface area contributed by atoms with Crippen LogP contribution in [0, 0.1) is 11.8 Å². The van der Waals surface area contributed by atoms with Gasteiger partial charge in [-0.05, 0) is 44.2 Å². The lowest BCUT2D eigenvalue weighted by atomic mass is 9.81. The van der Waals surface area contributed by atoms with Gasteiger partial charge in [-0.1, -0.05) is 19.1 Å². The fraction of sp³-hybridized carbons (Fsp3) is 0.529. The Morgan fingerprint density at radius 3 is 2.45 bits per heavy atom. The van der Waals surface area contributed by atoms with E-state index < -0.39 is 5.97 Å². The van der Waals surface area contributed by atoms with Gasteiger partial charge in [0.25, 0.3) is 0 Å². The van der Waals surface area contributed by atoms with Crippen LogP contribution >= 0.6 is 0 Å². The third kappa shape index (κ3) is 4.23. The van der Waals surface area contributed by atoms with Gasteiger partial charge >= 0.3 is 5.97 Å². The molecule has 1 aromatic carbocycles. The first-order chi connectivity index (χ1) is 10.6. The first-order valence-corrected chi connectivity index (χ1v) is 7.87. The van der Waals surface area contributed by atoms with Crippen molar-refractivity contribution in [2.24, 2.45) is 11.8 Å². The van der Waals surface area contributed by atoms with Crippen LogP contribution < -0.4 is 10.1 Å². The van der Waals surface area contributed by atoms with Crippen LogP contribution in [-0.4, -0.2) is 23.6 Å². The minimum atomic E-state index is -0.753. The summed E-state index contributed by atoms with van der Waals surface area (Å²) in [5.41, 5.74) is 0.682. The van der Waals surface area contributed by atoms with E-state index in [9.17, 15) is 9.59 Å². The molecule has 1 saturated carbocycles. The molecule has 1 amide bonds. The monoisotopic (exact) mass is 305 g/mol. The molecule has 2 N–H and O–H groups in total. The number of carboxylic acids is 1. The zero-order valence-corrected chi connectivity index (χ0v) is 12.9. The molecule has 0 radical (unpaired) electrons. The summed E-state index contributed by atoms with van der Waals surface area (Å²) >= 11 is 0. The zero-order valence-electron chi connectivity index (χ0n) is 12.9. The van der Waals surface area contributed by atoms with Gasteiger partial charge in [-0.2, -0.15) is 0 Å². The first kappa shape index (κ1) is 16.3. The maximum absolute atomic E-state index is 12.4. The molecule has 2 rings (SSSR count). The normalized spacial score (nSPS) is 21.1. The molecule has 1 aliphatic carbocycles. The molecule has 0 saturated heterocycles. The Morgan fingerprint density at radius 1 is 1.18 bits per heavy atom. The van der Waals surface area contributed by atoms with Gasteiger partial charge in [0, 0.05) is 5.92 Å². The van der Waals surface area contributed by atoms with Crippen molar-refractivity contribution in [3.8, 4) is 5.75 Å². The number of rotatable bonds is 6. The van der Waals surface area contributed by atoms with Gasteiger partial charge < -0.3 is 15.2 Å². The summed E-state index contributed by atoms with van der Waals surface area (Å²) in [7, 11) is 0. The van der Waals surface area contributed by atoms with Crippen molar-refractivity contribution >= 4 is 17.6 Å². The number of hydrogen-bond donors (Lipinski definition) is 2. The Morgan fingerprint density at radius 2 is 1.82 bits per heavy atom. The number of nitrogens with one attached hydrogen (secondary N) is 1. The van der Waals surface area contributed by atoms with Crippen molar-refractivity contribution in [1.29, 1.82) is 0 Å². The molecule has 0 spiro atoms. The largest absolute Gasteiger partial charge is 0.491 e. The minimum absolute atomic E-state index is 0.0450. The number of carbonyl (C=O) groups excluding carboxylic acids is 1. The van der Waals surface area contributed by atoms with Crippen LogP contribution in [0.25, 0.3) is 0 Å². The van der Waals surface area contributed by atoms with Gasteiger partial charge in [0.15, 0.2) is 0 Å². The highest BCUT2D eigenvalue weighted by atomic mass is 16.5. The van der Waals surface area contributed by atoms with Gasteiger partial charge in [0.05, 0.1) is 18.2 Å². The van der Waals surface area contributed by atoms with Crippen LogP contribution in [0.2, 0.25) is 0 Å². The predicted molar refractivity (Wildman–Crippen MR) is 83.9 cm³/mol. The molecule has 1 aliphatic rings. The summed E-state index contributed by atoms with van der Waals surface area (Å²) in [5, 5.41) is 11.9. The van der Waals surface area contributed by atoms with Crippen LogP contribution in [0.15, 0.2) is 24.3 Å². The Hall–Kier alpha value is -2.04. The minimum Gasteiger partial charge on any atom is -0.491 e. The topological polar surface area (TPSA) is 75.6 Å². The van der Waals surface area contributed by atoms with Crippen LogP contribution in [-0.2, 0) is 9.59 Å². The summed E-state index contributed by atoms with van der Waals surface area (Å²) in [6.45, 7) is 2.64. The van der Waals surface area contributed by atoms with Gasteiger partial charge in [-0.25, -0.2) is 0 Å². The molecule has 0 atom stereocenters. The van der Waals surface area contributed by atoms with Crippen molar-refractivity contribution in [3.05, 3.63) is 24.3 Å². The molecule has 120 valence electrons. The van der Waals surface area contributed by atoms with Crippen molar-refractivity contribution in [3.63, 3.8) is 0 Å². The van der Waals surface area contributed by atoms with Crippen molar-refractivity contribution in [2.45, 2.75) is 39.0 Å². The van der Waals surface area contributed by atoms with E-state index >= 15 is 0 Å². The van der Waals surface area contributed by atoms with E-state index in [1.54, 1.807) is 0 Å². The number of carbonyl (C=O) groups is 2. The smallest absolute Gasteiger partial charge is 0.306 e. The highest BCUT2D eigenvalue weighted by Gasteiger charge is 2.29. The zero-order chi connectivity index (χ0) is 15.9. The standard InChI is InChI=1S/C17H23NO4/c1-2-11-22-15-6-4-3-5-14(15)18-16(19)12-7-9-13(10-8-12)17(20)21/h3-6,12-13H,2,7-11H2,1H3,(H,18,19)(H,20,21). The van der Waals surface area contributed by atoms with E-state index in [2.05, 4.69) is 5.32 Å². The lowest BCUT2D eigenvalue weighted by Crippen LogP contribution is -2.29. The molecular formula is C17H23NO4. The summed E-state index contributed by atoms with van der Waals surface area (Å²) in [4.78, 5) is 23.3. The SMILES string of the molecule is CCCOc1ccccc1NC(=O)C1CCC(C(=O)O)CC1.